The van der Waals surface area contributed by atoms with E-state index in [1.165, 1.54) is 0 Å². The topological polar surface area (TPSA) is 42.7 Å². The molecule has 4 aromatic rings. The van der Waals surface area contributed by atoms with E-state index in [2.05, 4.69) is 20.8 Å². The van der Waals surface area contributed by atoms with Crippen molar-refractivity contribution in [2.24, 2.45) is 0 Å². The van der Waals surface area contributed by atoms with Crippen molar-refractivity contribution in [1.29, 1.82) is 0 Å². The fraction of sp³-hybridized carbons (Fsp3) is 0.0870. The predicted molar refractivity (Wildman–Crippen MR) is 114 cm³/mol. The van der Waals surface area contributed by atoms with Crippen LogP contribution in [0, 0.1) is 0 Å². The van der Waals surface area contributed by atoms with Gasteiger partial charge in [0.05, 0.1) is 23.1 Å². The molecule has 5 rings (SSSR count). The summed E-state index contributed by atoms with van der Waals surface area (Å²) in [4.78, 5) is 15.2. The summed E-state index contributed by atoms with van der Waals surface area (Å²) in [6, 6.07) is 21.3. The molecule has 0 amide bonds. The molecule has 0 spiro atoms. The summed E-state index contributed by atoms with van der Waals surface area (Å²) in [6.07, 6.45) is 1.55. The van der Waals surface area contributed by atoms with Crippen LogP contribution in [-0.2, 0) is 6.54 Å². The standard InChI is InChI=1S/C23H16BrNO3/c24-16-6-8-17(9-7-16)25-12-19-21(28-14-25)11-10-18-22(26)20(13-27-23(18)19)15-4-2-1-3-5-15/h1-11,13H,12,14H2. The average molecular weight is 434 g/mol. The highest BCUT2D eigenvalue weighted by Crippen LogP contribution is 2.34. The fourth-order valence-electron chi connectivity index (χ4n) is 3.54. The molecule has 138 valence electrons. The highest BCUT2D eigenvalue weighted by molar-refractivity contribution is 9.10. The summed E-state index contributed by atoms with van der Waals surface area (Å²) in [5.74, 6) is 0.761. The lowest BCUT2D eigenvalue weighted by atomic mass is 10.0. The SMILES string of the molecule is O=c1c(-c2ccccc2)coc2c3c(ccc12)OCN(c1ccc(Br)cc1)C3. The molecule has 0 N–H and O–H groups in total. The summed E-state index contributed by atoms with van der Waals surface area (Å²) in [5.41, 5.74) is 3.91. The molecule has 0 saturated carbocycles. The van der Waals surface area contributed by atoms with Gasteiger partial charge in [0, 0.05) is 10.2 Å². The Bertz CT molecular complexity index is 1220. The number of anilines is 1. The first kappa shape index (κ1) is 17.1. The average Bonchev–Trinajstić information content (AvgIpc) is 2.75. The number of ether oxygens (including phenoxy) is 1. The zero-order valence-corrected chi connectivity index (χ0v) is 16.5. The monoisotopic (exact) mass is 433 g/mol. The Hall–Kier alpha value is -3.05. The normalized spacial score (nSPS) is 13.2. The van der Waals surface area contributed by atoms with Crippen LogP contribution in [0.5, 0.6) is 5.75 Å². The van der Waals surface area contributed by atoms with Crippen molar-refractivity contribution in [3.8, 4) is 16.9 Å². The second-order valence-corrected chi connectivity index (χ2v) is 7.63. The Morgan fingerprint density at radius 1 is 0.929 bits per heavy atom. The summed E-state index contributed by atoms with van der Waals surface area (Å²) in [7, 11) is 0. The lowest BCUT2D eigenvalue weighted by Crippen LogP contribution is -2.32. The van der Waals surface area contributed by atoms with Crippen LogP contribution >= 0.6 is 15.9 Å². The van der Waals surface area contributed by atoms with Crippen LogP contribution in [0.1, 0.15) is 5.56 Å². The van der Waals surface area contributed by atoms with Crippen LogP contribution in [0.2, 0.25) is 0 Å². The van der Waals surface area contributed by atoms with E-state index in [0.29, 0.717) is 29.8 Å². The van der Waals surface area contributed by atoms with Crippen molar-refractivity contribution in [3.05, 3.63) is 93.3 Å². The van der Waals surface area contributed by atoms with Gasteiger partial charge < -0.3 is 14.1 Å². The van der Waals surface area contributed by atoms with E-state index in [1.807, 2.05) is 60.7 Å². The Labute approximate surface area is 170 Å². The van der Waals surface area contributed by atoms with Crippen LogP contribution in [0.4, 0.5) is 5.69 Å². The Morgan fingerprint density at radius 2 is 1.71 bits per heavy atom. The third-order valence-corrected chi connectivity index (χ3v) is 5.53. The molecule has 0 fully saturated rings. The minimum Gasteiger partial charge on any atom is -0.473 e. The van der Waals surface area contributed by atoms with Crippen molar-refractivity contribution < 1.29 is 9.15 Å². The van der Waals surface area contributed by atoms with Gasteiger partial charge in [-0.3, -0.25) is 4.79 Å². The summed E-state index contributed by atoms with van der Waals surface area (Å²) < 4.78 is 12.9. The van der Waals surface area contributed by atoms with Gasteiger partial charge in [-0.1, -0.05) is 46.3 Å². The smallest absolute Gasteiger partial charge is 0.200 e. The number of rotatable bonds is 2. The molecule has 1 aliphatic heterocycles. The number of halogens is 1. The Kier molecular flexibility index (Phi) is 4.17. The number of hydrogen-bond acceptors (Lipinski definition) is 4. The van der Waals surface area contributed by atoms with E-state index >= 15 is 0 Å². The zero-order chi connectivity index (χ0) is 19.1. The molecule has 3 aromatic carbocycles. The molecule has 0 radical (unpaired) electrons. The quantitative estimate of drug-likeness (QED) is 0.413. The van der Waals surface area contributed by atoms with Gasteiger partial charge in [-0.15, -0.1) is 0 Å². The van der Waals surface area contributed by atoms with E-state index in [4.69, 9.17) is 9.15 Å². The van der Waals surface area contributed by atoms with Crippen LogP contribution in [0.3, 0.4) is 0 Å². The van der Waals surface area contributed by atoms with Crippen LogP contribution < -0.4 is 15.1 Å². The number of benzene rings is 3. The van der Waals surface area contributed by atoms with E-state index in [9.17, 15) is 4.79 Å². The largest absolute Gasteiger partial charge is 0.473 e. The lowest BCUT2D eigenvalue weighted by Gasteiger charge is -2.31. The Morgan fingerprint density at radius 3 is 2.50 bits per heavy atom. The van der Waals surface area contributed by atoms with Gasteiger partial charge in [-0.05, 0) is 42.0 Å². The van der Waals surface area contributed by atoms with Crippen LogP contribution in [0.25, 0.3) is 22.1 Å². The van der Waals surface area contributed by atoms with E-state index in [1.54, 1.807) is 12.3 Å². The van der Waals surface area contributed by atoms with Gasteiger partial charge in [-0.2, -0.15) is 0 Å². The summed E-state index contributed by atoms with van der Waals surface area (Å²) in [5, 5.41) is 0.571. The molecular weight excluding hydrogens is 418 g/mol. The van der Waals surface area contributed by atoms with Crippen molar-refractivity contribution in [2.75, 3.05) is 11.6 Å². The molecule has 1 aliphatic rings. The van der Waals surface area contributed by atoms with Crippen LogP contribution in [0.15, 0.2) is 86.7 Å². The maximum atomic E-state index is 13.1. The molecular formula is C23H16BrNO3. The minimum atomic E-state index is -0.0315. The fourth-order valence-corrected chi connectivity index (χ4v) is 3.81. The zero-order valence-electron chi connectivity index (χ0n) is 14.9. The molecule has 0 saturated heterocycles. The second kappa shape index (κ2) is 6.84. The number of hydrogen-bond donors (Lipinski definition) is 0. The summed E-state index contributed by atoms with van der Waals surface area (Å²) >= 11 is 3.46. The van der Waals surface area contributed by atoms with Crippen molar-refractivity contribution >= 4 is 32.6 Å². The third kappa shape index (κ3) is 2.88. The first-order valence-corrected chi connectivity index (χ1v) is 9.76. The molecule has 4 nitrogen and oxygen atoms in total. The van der Waals surface area contributed by atoms with E-state index in [0.717, 1.165) is 27.0 Å². The molecule has 0 aliphatic carbocycles. The van der Waals surface area contributed by atoms with Gasteiger partial charge in [0.1, 0.15) is 17.6 Å². The molecule has 1 aromatic heterocycles. The van der Waals surface area contributed by atoms with Gasteiger partial charge in [0.2, 0.25) is 5.43 Å². The number of fused-ring (bicyclic) bond motifs is 3. The minimum absolute atomic E-state index is 0.0315. The van der Waals surface area contributed by atoms with Gasteiger partial charge >= 0.3 is 0 Å². The maximum Gasteiger partial charge on any atom is 0.200 e. The highest BCUT2D eigenvalue weighted by Gasteiger charge is 2.23. The van der Waals surface area contributed by atoms with Crippen molar-refractivity contribution in [3.63, 3.8) is 0 Å². The second-order valence-electron chi connectivity index (χ2n) is 6.71. The molecule has 0 unspecified atom stereocenters. The van der Waals surface area contributed by atoms with Gasteiger partial charge in [0.15, 0.2) is 6.73 Å². The molecule has 2 heterocycles. The van der Waals surface area contributed by atoms with Crippen molar-refractivity contribution in [1.82, 2.24) is 0 Å². The first-order chi connectivity index (χ1) is 13.7. The lowest BCUT2D eigenvalue weighted by molar-refractivity contribution is 0.289. The molecule has 28 heavy (non-hydrogen) atoms. The molecule has 0 atom stereocenters. The van der Waals surface area contributed by atoms with Gasteiger partial charge in [-0.25, -0.2) is 0 Å². The van der Waals surface area contributed by atoms with E-state index < -0.39 is 0 Å². The van der Waals surface area contributed by atoms with Crippen molar-refractivity contribution in [2.45, 2.75) is 6.54 Å². The molecule has 5 heteroatoms. The highest BCUT2D eigenvalue weighted by atomic mass is 79.9. The maximum absolute atomic E-state index is 13.1. The third-order valence-electron chi connectivity index (χ3n) is 5.00. The van der Waals surface area contributed by atoms with Gasteiger partial charge in [0.25, 0.3) is 0 Å². The summed E-state index contributed by atoms with van der Waals surface area (Å²) in [6.45, 7) is 1.06. The molecule has 0 bridgehead atoms. The van der Waals surface area contributed by atoms with Crippen LogP contribution in [-0.4, -0.2) is 6.73 Å². The van der Waals surface area contributed by atoms with E-state index in [-0.39, 0.29) is 5.43 Å². The Balaban J connectivity index is 1.60. The number of nitrogens with zero attached hydrogens (tertiary/aromatic N) is 1. The predicted octanol–water partition coefficient (Wildman–Crippen LogP) is 5.58. The first-order valence-electron chi connectivity index (χ1n) is 8.97.